The van der Waals surface area contributed by atoms with Gasteiger partial charge in [0.05, 0.1) is 0 Å². The standard InChI is InChI=1S/C11H22N2O3.Li/c1-3-4-5-10(14)8-12-6-7-13-9(2)11(15)16;/h8-9,12-14H,3-7H2,1-2H3,(H,15,16);/q;+1/p-1/b10-8-;. The molecule has 0 aliphatic heterocycles. The number of carboxylic acid groups (broad SMARTS) is 1. The molecule has 6 heteroatoms. The summed E-state index contributed by atoms with van der Waals surface area (Å²) in [7, 11) is 0. The Morgan fingerprint density at radius 1 is 1.47 bits per heavy atom. The largest absolute Gasteiger partial charge is 1.00 e. The smallest absolute Gasteiger partial charge is 0.874 e. The first-order valence-corrected chi connectivity index (χ1v) is 5.63. The predicted molar refractivity (Wildman–Crippen MR) is 60.7 cm³/mol. The Bertz CT molecular complexity index is 235. The summed E-state index contributed by atoms with van der Waals surface area (Å²) in [6.07, 6.45) is 3.95. The molecule has 0 aromatic carbocycles. The zero-order chi connectivity index (χ0) is 12.4. The molecule has 17 heavy (non-hydrogen) atoms. The van der Waals surface area contributed by atoms with Crippen molar-refractivity contribution in [2.24, 2.45) is 0 Å². The molecule has 0 aromatic heterocycles. The Morgan fingerprint density at radius 2 is 2.12 bits per heavy atom. The van der Waals surface area contributed by atoms with Gasteiger partial charge < -0.3 is 20.8 Å². The first-order valence-electron chi connectivity index (χ1n) is 5.63. The Kier molecular flexibility index (Phi) is 13.0. The van der Waals surface area contributed by atoms with E-state index in [1.54, 1.807) is 6.92 Å². The Hall–Kier alpha value is -0.633. The Labute approximate surface area is 115 Å². The van der Waals surface area contributed by atoms with Gasteiger partial charge in [-0.2, -0.15) is 0 Å². The van der Waals surface area contributed by atoms with Gasteiger partial charge in [-0.1, -0.05) is 19.8 Å². The van der Waals surface area contributed by atoms with Crippen LogP contribution >= 0.6 is 0 Å². The third-order valence-electron chi connectivity index (χ3n) is 2.13. The Morgan fingerprint density at radius 3 is 2.65 bits per heavy atom. The molecule has 0 aliphatic carbocycles. The van der Waals surface area contributed by atoms with Gasteiger partial charge in [-0.05, 0) is 19.5 Å². The fraction of sp³-hybridized carbons (Fsp3) is 0.727. The molecule has 1 atom stereocenters. The van der Waals surface area contributed by atoms with Gasteiger partial charge in [0.1, 0.15) is 6.04 Å². The van der Waals surface area contributed by atoms with E-state index in [4.69, 9.17) is 5.11 Å². The molecule has 1 unspecified atom stereocenters. The van der Waals surface area contributed by atoms with Gasteiger partial charge in [-0.15, -0.1) is 5.76 Å². The molecule has 0 heterocycles. The maximum atomic E-state index is 11.2. The maximum absolute atomic E-state index is 11.2. The number of rotatable bonds is 9. The molecule has 94 valence electrons. The summed E-state index contributed by atoms with van der Waals surface area (Å²) in [5.41, 5.74) is 0. The van der Waals surface area contributed by atoms with Gasteiger partial charge in [0.2, 0.25) is 0 Å². The second kappa shape index (κ2) is 11.8. The molecule has 0 aromatic rings. The molecule has 0 rings (SSSR count). The molecule has 0 fully saturated rings. The van der Waals surface area contributed by atoms with Crippen LogP contribution in [0.5, 0.6) is 0 Å². The van der Waals surface area contributed by atoms with Crippen LogP contribution in [0.4, 0.5) is 0 Å². The number of hydrogen-bond acceptors (Lipinski definition) is 4. The van der Waals surface area contributed by atoms with E-state index in [1.807, 2.05) is 6.92 Å². The molecular formula is C11H21LiN2O3. The van der Waals surface area contributed by atoms with E-state index < -0.39 is 12.0 Å². The first kappa shape index (κ1) is 18.7. The van der Waals surface area contributed by atoms with Gasteiger partial charge in [-0.25, -0.2) is 0 Å². The summed E-state index contributed by atoms with van der Waals surface area (Å²) in [5, 5.41) is 25.4. The van der Waals surface area contributed by atoms with E-state index in [9.17, 15) is 9.90 Å². The minimum atomic E-state index is -0.872. The van der Waals surface area contributed by atoms with Crippen LogP contribution in [-0.2, 0) is 4.79 Å². The van der Waals surface area contributed by atoms with Gasteiger partial charge in [0.15, 0.2) is 0 Å². The van der Waals surface area contributed by atoms with E-state index >= 15 is 0 Å². The second-order valence-electron chi connectivity index (χ2n) is 3.68. The van der Waals surface area contributed by atoms with Crippen LogP contribution in [0, 0.1) is 0 Å². The van der Waals surface area contributed by atoms with E-state index in [1.165, 1.54) is 6.20 Å². The van der Waals surface area contributed by atoms with Crippen LogP contribution in [0.2, 0.25) is 0 Å². The zero-order valence-electron chi connectivity index (χ0n) is 11.0. The second-order valence-corrected chi connectivity index (χ2v) is 3.68. The van der Waals surface area contributed by atoms with Crippen molar-refractivity contribution in [2.45, 2.75) is 39.2 Å². The molecule has 0 saturated carbocycles. The number of carboxylic acids is 1. The fourth-order valence-electron chi connectivity index (χ4n) is 1.06. The third-order valence-corrected chi connectivity index (χ3v) is 2.13. The molecule has 0 saturated heterocycles. The number of aliphatic carboxylic acids is 1. The van der Waals surface area contributed by atoms with Crippen LogP contribution in [0.1, 0.15) is 33.1 Å². The van der Waals surface area contributed by atoms with Crippen LogP contribution < -0.4 is 34.6 Å². The quantitative estimate of drug-likeness (QED) is 0.226. The van der Waals surface area contributed by atoms with Crippen molar-refractivity contribution in [3.63, 3.8) is 0 Å². The van der Waals surface area contributed by atoms with Crippen molar-refractivity contribution in [3.05, 3.63) is 12.0 Å². The summed E-state index contributed by atoms with van der Waals surface area (Å²) in [6.45, 7) is 4.69. The predicted octanol–water partition coefficient (Wildman–Crippen LogP) is -2.97. The number of nitrogens with one attached hydrogen (secondary N) is 2. The fourth-order valence-corrected chi connectivity index (χ4v) is 1.06. The number of unbranched alkanes of at least 4 members (excludes halogenated alkanes) is 1. The summed E-state index contributed by atoms with van der Waals surface area (Å²) in [4.78, 5) is 10.4. The van der Waals surface area contributed by atoms with E-state index in [0.29, 0.717) is 19.5 Å². The summed E-state index contributed by atoms with van der Waals surface area (Å²) >= 11 is 0. The van der Waals surface area contributed by atoms with Crippen molar-refractivity contribution < 1.29 is 33.9 Å². The minimum absolute atomic E-state index is 0. The number of allylic oxidation sites excluding steroid dienone is 1. The molecule has 0 bridgehead atoms. The molecule has 5 nitrogen and oxygen atoms in total. The average Bonchev–Trinajstić information content (AvgIpc) is 2.25. The molecule has 0 aliphatic rings. The summed E-state index contributed by atoms with van der Waals surface area (Å²) in [5.74, 6) is -0.781. The van der Waals surface area contributed by atoms with E-state index in [0.717, 1.165) is 12.8 Å². The van der Waals surface area contributed by atoms with Crippen molar-refractivity contribution in [2.75, 3.05) is 13.1 Å². The van der Waals surface area contributed by atoms with Gasteiger partial charge in [0, 0.05) is 13.1 Å². The molecule has 0 radical (unpaired) electrons. The van der Waals surface area contributed by atoms with Gasteiger partial charge >= 0.3 is 24.8 Å². The zero-order valence-corrected chi connectivity index (χ0v) is 11.0. The molecule has 0 amide bonds. The van der Waals surface area contributed by atoms with Crippen molar-refractivity contribution >= 4 is 5.97 Å². The van der Waals surface area contributed by atoms with E-state index in [-0.39, 0.29) is 24.6 Å². The summed E-state index contributed by atoms with van der Waals surface area (Å²) in [6, 6.07) is -0.558. The molecular weight excluding hydrogens is 215 g/mol. The number of hydrogen-bond donors (Lipinski definition) is 3. The van der Waals surface area contributed by atoms with Crippen molar-refractivity contribution in [1.29, 1.82) is 0 Å². The SMILES string of the molecule is CCCC/C([O-])=C/NCCNC(C)C(=O)O.[Li+]. The van der Waals surface area contributed by atoms with Crippen LogP contribution in [0.15, 0.2) is 12.0 Å². The first-order chi connectivity index (χ1) is 7.57. The average molecular weight is 236 g/mol. The topological polar surface area (TPSA) is 84.4 Å². The monoisotopic (exact) mass is 236 g/mol. The maximum Gasteiger partial charge on any atom is 1.00 e. The van der Waals surface area contributed by atoms with Crippen LogP contribution in [-0.4, -0.2) is 30.2 Å². The van der Waals surface area contributed by atoms with Crippen molar-refractivity contribution in [1.82, 2.24) is 10.6 Å². The van der Waals surface area contributed by atoms with Crippen LogP contribution in [0.25, 0.3) is 0 Å². The minimum Gasteiger partial charge on any atom is -0.874 e. The van der Waals surface area contributed by atoms with Gasteiger partial charge in [0.25, 0.3) is 0 Å². The number of carbonyl (C=O) groups is 1. The normalized spacial score (nSPS) is 12.7. The molecule has 0 spiro atoms. The van der Waals surface area contributed by atoms with Crippen LogP contribution in [0.3, 0.4) is 0 Å². The Balaban J connectivity index is 0. The van der Waals surface area contributed by atoms with E-state index in [2.05, 4.69) is 10.6 Å². The molecule has 3 N–H and O–H groups in total. The van der Waals surface area contributed by atoms with Crippen molar-refractivity contribution in [3.8, 4) is 0 Å². The third kappa shape index (κ3) is 11.6. The summed E-state index contributed by atoms with van der Waals surface area (Å²) < 4.78 is 0. The van der Waals surface area contributed by atoms with Gasteiger partial charge in [-0.3, -0.25) is 4.79 Å².